The molecular formula is C16H16O3. The van der Waals surface area contributed by atoms with E-state index in [1.54, 1.807) is 13.0 Å². The van der Waals surface area contributed by atoms with E-state index >= 15 is 0 Å². The van der Waals surface area contributed by atoms with Crippen molar-refractivity contribution in [2.75, 3.05) is 6.61 Å². The number of rotatable bonds is 4. The molecule has 0 N–H and O–H groups in total. The van der Waals surface area contributed by atoms with Gasteiger partial charge in [-0.2, -0.15) is 0 Å². The van der Waals surface area contributed by atoms with Crippen LogP contribution in [-0.2, 0) is 14.3 Å². The highest BCUT2D eigenvalue weighted by molar-refractivity contribution is 6.06. The lowest BCUT2D eigenvalue weighted by Crippen LogP contribution is -2.10. The molecule has 1 aromatic rings. The third kappa shape index (κ3) is 3.41. The smallest absolute Gasteiger partial charge is 0.313 e. The molecule has 0 fully saturated rings. The number of ketones is 1. The Balaban J connectivity index is 2.14. The van der Waals surface area contributed by atoms with Crippen molar-refractivity contribution < 1.29 is 14.3 Å². The molecule has 0 aromatic heterocycles. The van der Waals surface area contributed by atoms with E-state index < -0.39 is 5.97 Å². The van der Waals surface area contributed by atoms with Crippen LogP contribution < -0.4 is 0 Å². The average molecular weight is 256 g/mol. The predicted molar refractivity (Wildman–Crippen MR) is 74.3 cm³/mol. The molecule has 0 unspecified atom stereocenters. The molecule has 0 amide bonds. The monoisotopic (exact) mass is 256 g/mol. The van der Waals surface area contributed by atoms with Crippen molar-refractivity contribution in [1.29, 1.82) is 0 Å². The molecular weight excluding hydrogens is 240 g/mol. The summed E-state index contributed by atoms with van der Waals surface area (Å²) in [7, 11) is 0. The Morgan fingerprint density at radius 3 is 2.89 bits per heavy atom. The number of carbonyl (C=O) groups excluding carboxylic acids is 2. The van der Waals surface area contributed by atoms with E-state index in [0.29, 0.717) is 13.0 Å². The first-order valence-electron chi connectivity index (χ1n) is 6.35. The van der Waals surface area contributed by atoms with E-state index in [9.17, 15) is 9.59 Å². The highest BCUT2D eigenvalue weighted by Crippen LogP contribution is 2.28. The van der Waals surface area contributed by atoms with E-state index in [1.807, 2.05) is 36.4 Å². The first-order chi connectivity index (χ1) is 9.20. The maximum absolute atomic E-state index is 11.8. The van der Waals surface area contributed by atoms with Gasteiger partial charge in [0.25, 0.3) is 0 Å². The minimum absolute atomic E-state index is 0.191. The quantitative estimate of drug-likeness (QED) is 0.472. The van der Waals surface area contributed by atoms with Crippen LogP contribution in [0.1, 0.15) is 30.9 Å². The minimum Gasteiger partial charge on any atom is -0.466 e. The van der Waals surface area contributed by atoms with Gasteiger partial charge in [0.1, 0.15) is 6.42 Å². The van der Waals surface area contributed by atoms with E-state index in [4.69, 9.17) is 4.74 Å². The predicted octanol–water partition coefficient (Wildman–Crippen LogP) is 3.01. The van der Waals surface area contributed by atoms with Gasteiger partial charge in [-0.15, -0.1) is 0 Å². The van der Waals surface area contributed by atoms with E-state index in [-0.39, 0.29) is 12.2 Å². The molecule has 0 aliphatic heterocycles. The Bertz CT molecular complexity index is 553. The Morgan fingerprint density at radius 2 is 2.11 bits per heavy atom. The van der Waals surface area contributed by atoms with Crippen LogP contribution in [0.15, 0.2) is 36.4 Å². The number of benzene rings is 1. The lowest BCUT2D eigenvalue weighted by Gasteiger charge is -2.13. The standard InChI is InChI=1S/C16H16O3/c1-2-19-16(18)11-14(17)10-13-8-5-7-12-6-3-4-9-15(12)13/h3-7,9-10H,2,8,11H2,1H3. The van der Waals surface area contributed by atoms with Gasteiger partial charge in [0.2, 0.25) is 0 Å². The molecule has 3 heteroatoms. The zero-order chi connectivity index (χ0) is 13.7. The maximum atomic E-state index is 11.8. The second-order valence-corrected chi connectivity index (χ2v) is 4.31. The Labute approximate surface area is 112 Å². The van der Waals surface area contributed by atoms with Crippen LogP contribution in [0.5, 0.6) is 0 Å². The summed E-state index contributed by atoms with van der Waals surface area (Å²) in [6.45, 7) is 2.03. The molecule has 3 nitrogen and oxygen atoms in total. The van der Waals surface area contributed by atoms with E-state index in [0.717, 1.165) is 16.7 Å². The molecule has 0 spiro atoms. The molecule has 19 heavy (non-hydrogen) atoms. The fraction of sp³-hybridized carbons (Fsp3) is 0.250. The zero-order valence-corrected chi connectivity index (χ0v) is 10.9. The summed E-state index contributed by atoms with van der Waals surface area (Å²) in [5.74, 6) is -0.678. The third-order valence-corrected chi connectivity index (χ3v) is 2.90. The summed E-state index contributed by atoms with van der Waals surface area (Å²) in [6.07, 6.45) is 6.14. The topological polar surface area (TPSA) is 43.4 Å². The van der Waals surface area contributed by atoms with Gasteiger partial charge >= 0.3 is 5.97 Å². The summed E-state index contributed by atoms with van der Waals surface area (Å²) in [5.41, 5.74) is 3.11. The average Bonchev–Trinajstić information content (AvgIpc) is 2.39. The van der Waals surface area contributed by atoms with Crippen molar-refractivity contribution >= 4 is 23.4 Å². The van der Waals surface area contributed by atoms with Gasteiger partial charge in [0, 0.05) is 0 Å². The van der Waals surface area contributed by atoms with Crippen LogP contribution in [0.25, 0.3) is 11.6 Å². The van der Waals surface area contributed by atoms with E-state index in [1.165, 1.54) is 0 Å². The summed E-state index contributed by atoms with van der Waals surface area (Å²) in [5, 5.41) is 0. The summed E-state index contributed by atoms with van der Waals surface area (Å²) >= 11 is 0. The van der Waals surface area contributed by atoms with Gasteiger partial charge in [-0.3, -0.25) is 9.59 Å². The molecule has 1 aliphatic rings. The number of esters is 1. The van der Waals surface area contributed by atoms with Crippen LogP contribution >= 0.6 is 0 Å². The molecule has 1 aliphatic carbocycles. The number of fused-ring (bicyclic) bond motifs is 1. The fourth-order valence-corrected chi connectivity index (χ4v) is 2.09. The zero-order valence-electron chi connectivity index (χ0n) is 10.9. The van der Waals surface area contributed by atoms with Crippen LogP contribution in [0.4, 0.5) is 0 Å². The van der Waals surface area contributed by atoms with E-state index in [2.05, 4.69) is 0 Å². The van der Waals surface area contributed by atoms with Crippen LogP contribution in [0, 0.1) is 0 Å². The Kier molecular flexibility index (Phi) is 4.29. The highest BCUT2D eigenvalue weighted by atomic mass is 16.5. The first-order valence-corrected chi connectivity index (χ1v) is 6.35. The van der Waals surface area contributed by atoms with Crippen molar-refractivity contribution in [2.45, 2.75) is 19.8 Å². The number of allylic oxidation sites excluding steroid dienone is 3. The molecule has 0 bridgehead atoms. The Hall–Kier alpha value is -2.16. The van der Waals surface area contributed by atoms with Crippen molar-refractivity contribution in [3.8, 4) is 0 Å². The van der Waals surface area contributed by atoms with Gasteiger partial charge in [-0.05, 0) is 36.1 Å². The van der Waals surface area contributed by atoms with Gasteiger partial charge < -0.3 is 4.74 Å². The summed E-state index contributed by atoms with van der Waals surface area (Å²) in [4.78, 5) is 23.1. The van der Waals surface area contributed by atoms with Crippen LogP contribution in [-0.4, -0.2) is 18.4 Å². The molecule has 98 valence electrons. The third-order valence-electron chi connectivity index (χ3n) is 2.90. The van der Waals surface area contributed by atoms with Gasteiger partial charge in [0.05, 0.1) is 6.61 Å². The van der Waals surface area contributed by atoms with Gasteiger partial charge in [0.15, 0.2) is 5.78 Å². The van der Waals surface area contributed by atoms with Crippen molar-refractivity contribution in [3.63, 3.8) is 0 Å². The van der Waals surface area contributed by atoms with Crippen LogP contribution in [0.3, 0.4) is 0 Å². The normalized spacial score (nSPS) is 15.1. The van der Waals surface area contributed by atoms with Gasteiger partial charge in [-0.25, -0.2) is 0 Å². The molecule has 0 saturated carbocycles. The summed E-state index contributed by atoms with van der Waals surface area (Å²) < 4.78 is 4.77. The van der Waals surface area contributed by atoms with Gasteiger partial charge in [-0.1, -0.05) is 36.4 Å². The number of carbonyl (C=O) groups is 2. The maximum Gasteiger partial charge on any atom is 0.313 e. The molecule has 0 saturated heterocycles. The first kappa shape index (κ1) is 13.3. The molecule has 0 atom stereocenters. The molecule has 2 rings (SSSR count). The van der Waals surface area contributed by atoms with Crippen molar-refractivity contribution in [3.05, 3.63) is 47.5 Å². The second kappa shape index (κ2) is 6.14. The lowest BCUT2D eigenvalue weighted by molar-refractivity contribution is -0.144. The second-order valence-electron chi connectivity index (χ2n) is 4.31. The molecule has 1 aromatic carbocycles. The Morgan fingerprint density at radius 1 is 1.32 bits per heavy atom. The van der Waals surface area contributed by atoms with Crippen LogP contribution in [0.2, 0.25) is 0 Å². The number of hydrogen-bond acceptors (Lipinski definition) is 3. The number of ether oxygens (including phenoxy) is 1. The highest BCUT2D eigenvalue weighted by Gasteiger charge is 2.13. The fourth-order valence-electron chi connectivity index (χ4n) is 2.09. The molecule has 0 heterocycles. The SMILES string of the molecule is CCOC(=O)CC(=O)C=C1CC=Cc2ccccc21. The molecule has 0 radical (unpaired) electrons. The van der Waals surface area contributed by atoms with Crippen molar-refractivity contribution in [1.82, 2.24) is 0 Å². The summed E-state index contributed by atoms with van der Waals surface area (Å²) in [6, 6.07) is 7.91. The minimum atomic E-state index is -0.469. The van der Waals surface area contributed by atoms with Crippen molar-refractivity contribution in [2.24, 2.45) is 0 Å². The lowest BCUT2D eigenvalue weighted by atomic mass is 9.91. The number of hydrogen-bond donors (Lipinski definition) is 0. The largest absolute Gasteiger partial charge is 0.466 e.